The van der Waals surface area contributed by atoms with Gasteiger partial charge in [0.2, 0.25) is 5.91 Å². The molecule has 1 unspecified atom stereocenters. The third-order valence-corrected chi connectivity index (χ3v) is 1.85. The van der Waals surface area contributed by atoms with Crippen LogP contribution in [0.5, 0.6) is 0 Å². The first-order chi connectivity index (χ1) is 7.47. The fourth-order valence-electron chi connectivity index (χ4n) is 1.12. The number of hydrogen-bond acceptors (Lipinski definition) is 4. The zero-order valence-electron chi connectivity index (χ0n) is 9.02. The predicted molar refractivity (Wildman–Crippen MR) is 55.0 cm³/mol. The maximum atomic E-state index is 11.1. The third kappa shape index (κ3) is 6.77. The van der Waals surface area contributed by atoms with Gasteiger partial charge in [-0.15, -0.1) is 0 Å². The number of carboxylic acids is 2. The lowest BCUT2D eigenvalue weighted by molar-refractivity contribution is -0.142. The van der Waals surface area contributed by atoms with Crippen molar-refractivity contribution in [1.29, 1.82) is 0 Å². The lowest BCUT2D eigenvalue weighted by Gasteiger charge is -2.13. The largest absolute Gasteiger partial charge is 0.481 e. The van der Waals surface area contributed by atoms with E-state index in [4.69, 9.17) is 10.2 Å². The summed E-state index contributed by atoms with van der Waals surface area (Å²) < 4.78 is 0. The van der Waals surface area contributed by atoms with Gasteiger partial charge in [-0.25, -0.2) is 4.79 Å². The first kappa shape index (κ1) is 14.4. The van der Waals surface area contributed by atoms with E-state index in [1.165, 1.54) is 0 Å². The molecule has 0 aliphatic carbocycles. The quantitative estimate of drug-likeness (QED) is 0.428. The maximum Gasteiger partial charge on any atom is 0.326 e. The summed E-state index contributed by atoms with van der Waals surface area (Å²) in [6.45, 7) is 0.0305. The molecule has 0 bridgehead atoms. The minimum Gasteiger partial charge on any atom is -0.481 e. The predicted octanol–water partition coefficient (Wildman–Crippen LogP) is -0.970. The topological polar surface area (TPSA) is 116 Å². The molecular weight excluding hydrogens is 216 g/mol. The Kier molecular flexibility index (Phi) is 6.86. The van der Waals surface area contributed by atoms with Gasteiger partial charge in [0.25, 0.3) is 0 Å². The molecule has 1 atom stereocenters. The Morgan fingerprint density at radius 2 is 1.88 bits per heavy atom. The second-order valence-electron chi connectivity index (χ2n) is 3.27. The van der Waals surface area contributed by atoms with Crippen LogP contribution in [0.4, 0.5) is 0 Å². The summed E-state index contributed by atoms with van der Waals surface area (Å²) in [4.78, 5) is 32.1. The molecule has 0 aromatic heterocycles. The highest BCUT2D eigenvalue weighted by Crippen LogP contribution is 2.01. The first-order valence-electron chi connectivity index (χ1n) is 4.86. The highest BCUT2D eigenvalue weighted by Gasteiger charge is 2.19. The number of likely N-dealkylation sites (N-methyl/N-ethyl adjacent to an activating group) is 1. The Labute approximate surface area is 92.8 Å². The molecule has 16 heavy (non-hydrogen) atoms. The molecule has 0 aromatic carbocycles. The molecule has 0 fully saturated rings. The van der Waals surface area contributed by atoms with Gasteiger partial charge in [-0.2, -0.15) is 0 Å². The van der Waals surface area contributed by atoms with Gasteiger partial charge in [0.15, 0.2) is 0 Å². The fourth-order valence-corrected chi connectivity index (χ4v) is 1.12. The van der Waals surface area contributed by atoms with Gasteiger partial charge in [0, 0.05) is 6.42 Å². The van der Waals surface area contributed by atoms with Gasteiger partial charge in [0.1, 0.15) is 6.04 Å². The van der Waals surface area contributed by atoms with Crippen LogP contribution in [0.1, 0.15) is 19.3 Å². The van der Waals surface area contributed by atoms with Crippen molar-refractivity contribution in [3.63, 3.8) is 0 Å². The molecule has 0 aliphatic rings. The normalized spacial score (nSPS) is 11.8. The fraction of sp³-hybridized carbons (Fsp3) is 0.667. The van der Waals surface area contributed by atoms with E-state index in [-0.39, 0.29) is 25.8 Å². The highest BCUT2D eigenvalue weighted by atomic mass is 16.4. The lowest BCUT2D eigenvalue weighted by atomic mass is 10.1. The Morgan fingerprint density at radius 1 is 1.25 bits per heavy atom. The Hall–Kier alpha value is -1.63. The van der Waals surface area contributed by atoms with Gasteiger partial charge in [0.05, 0.1) is 6.54 Å². The molecule has 0 aromatic rings. The number of carbonyl (C=O) groups is 3. The van der Waals surface area contributed by atoms with Crippen LogP contribution in [0.25, 0.3) is 0 Å². The maximum absolute atomic E-state index is 11.1. The molecular formula is C9H16N2O5. The second kappa shape index (κ2) is 7.63. The first-order valence-corrected chi connectivity index (χ1v) is 4.86. The monoisotopic (exact) mass is 232 g/mol. The van der Waals surface area contributed by atoms with Gasteiger partial charge >= 0.3 is 11.9 Å². The van der Waals surface area contributed by atoms with Crippen molar-refractivity contribution in [2.75, 3.05) is 13.6 Å². The van der Waals surface area contributed by atoms with E-state index in [0.29, 0.717) is 0 Å². The molecule has 0 spiro atoms. The third-order valence-electron chi connectivity index (χ3n) is 1.85. The number of nitrogens with one attached hydrogen (secondary N) is 2. The number of carbonyl (C=O) groups excluding carboxylic acids is 1. The van der Waals surface area contributed by atoms with Crippen molar-refractivity contribution in [3.8, 4) is 0 Å². The molecule has 7 heteroatoms. The lowest BCUT2D eigenvalue weighted by Crippen LogP contribution is -2.44. The smallest absolute Gasteiger partial charge is 0.326 e. The molecule has 0 saturated carbocycles. The molecule has 0 radical (unpaired) electrons. The summed E-state index contributed by atoms with van der Waals surface area (Å²) in [5.74, 6) is -2.56. The van der Waals surface area contributed by atoms with Gasteiger partial charge in [-0.05, 0) is 19.9 Å². The summed E-state index contributed by atoms with van der Waals surface area (Å²) in [5.41, 5.74) is 0. The summed E-state index contributed by atoms with van der Waals surface area (Å²) in [5, 5.41) is 22.0. The molecule has 0 rings (SSSR count). The van der Waals surface area contributed by atoms with Crippen LogP contribution in [0.2, 0.25) is 0 Å². The molecule has 0 heterocycles. The number of rotatable bonds is 8. The number of hydrogen-bond donors (Lipinski definition) is 4. The minimum atomic E-state index is -1.16. The average molecular weight is 232 g/mol. The van der Waals surface area contributed by atoms with E-state index in [0.717, 1.165) is 0 Å². The van der Waals surface area contributed by atoms with Crippen molar-refractivity contribution in [3.05, 3.63) is 0 Å². The summed E-state index contributed by atoms with van der Waals surface area (Å²) in [7, 11) is 1.57. The SMILES string of the molecule is CNCC(=O)NC(CCCC(=O)O)C(=O)O. The van der Waals surface area contributed by atoms with Crippen molar-refractivity contribution in [1.82, 2.24) is 10.6 Å². The van der Waals surface area contributed by atoms with Gasteiger partial charge < -0.3 is 20.8 Å². The van der Waals surface area contributed by atoms with E-state index in [1.54, 1.807) is 7.05 Å². The molecule has 92 valence electrons. The number of amides is 1. The Balaban J connectivity index is 4.02. The molecule has 7 nitrogen and oxygen atoms in total. The van der Waals surface area contributed by atoms with Crippen molar-refractivity contribution < 1.29 is 24.6 Å². The summed E-state index contributed by atoms with van der Waals surface area (Å²) in [6, 6.07) is -1.03. The minimum absolute atomic E-state index is 0.0305. The molecule has 0 saturated heterocycles. The van der Waals surface area contributed by atoms with E-state index >= 15 is 0 Å². The Bertz CT molecular complexity index is 267. The van der Waals surface area contributed by atoms with Crippen LogP contribution in [-0.2, 0) is 14.4 Å². The van der Waals surface area contributed by atoms with Crippen molar-refractivity contribution >= 4 is 17.8 Å². The molecule has 4 N–H and O–H groups in total. The number of aliphatic carboxylic acids is 2. The van der Waals surface area contributed by atoms with Gasteiger partial charge in [-0.3, -0.25) is 9.59 Å². The Morgan fingerprint density at radius 3 is 2.31 bits per heavy atom. The van der Waals surface area contributed by atoms with Crippen LogP contribution in [0.3, 0.4) is 0 Å². The molecule has 0 aliphatic heterocycles. The zero-order valence-corrected chi connectivity index (χ0v) is 9.02. The van der Waals surface area contributed by atoms with Crippen molar-refractivity contribution in [2.45, 2.75) is 25.3 Å². The van der Waals surface area contributed by atoms with E-state index in [1.807, 2.05) is 0 Å². The van der Waals surface area contributed by atoms with Crippen LogP contribution in [0, 0.1) is 0 Å². The number of carboxylic acid groups (broad SMARTS) is 2. The van der Waals surface area contributed by atoms with E-state index < -0.39 is 23.9 Å². The highest BCUT2D eigenvalue weighted by molar-refractivity contribution is 5.84. The molecule has 1 amide bonds. The van der Waals surface area contributed by atoms with E-state index in [9.17, 15) is 14.4 Å². The summed E-state index contributed by atoms with van der Waals surface area (Å²) in [6.07, 6.45) is 0.217. The summed E-state index contributed by atoms with van der Waals surface area (Å²) >= 11 is 0. The van der Waals surface area contributed by atoms with E-state index in [2.05, 4.69) is 10.6 Å². The second-order valence-corrected chi connectivity index (χ2v) is 3.27. The van der Waals surface area contributed by atoms with Crippen molar-refractivity contribution in [2.24, 2.45) is 0 Å². The van der Waals surface area contributed by atoms with Crippen LogP contribution in [0.15, 0.2) is 0 Å². The average Bonchev–Trinajstić information content (AvgIpc) is 2.15. The van der Waals surface area contributed by atoms with Crippen LogP contribution in [-0.4, -0.2) is 47.7 Å². The van der Waals surface area contributed by atoms with Gasteiger partial charge in [-0.1, -0.05) is 0 Å². The van der Waals surface area contributed by atoms with Crippen LogP contribution >= 0.6 is 0 Å². The zero-order chi connectivity index (χ0) is 12.6. The standard InChI is InChI=1S/C9H16N2O5/c1-10-5-7(12)11-6(9(15)16)3-2-4-8(13)14/h6,10H,2-5H2,1H3,(H,11,12)(H,13,14)(H,15,16). The van der Waals surface area contributed by atoms with Crippen LogP contribution < -0.4 is 10.6 Å².